The van der Waals surface area contributed by atoms with E-state index in [-0.39, 0.29) is 5.97 Å². The summed E-state index contributed by atoms with van der Waals surface area (Å²) in [6.07, 6.45) is 3.75. The Kier molecular flexibility index (Phi) is 5.38. The first-order chi connectivity index (χ1) is 10.2. The van der Waals surface area contributed by atoms with Gasteiger partial charge in [-0.1, -0.05) is 0 Å². The second-order valence-electron chi connectivity index (χ2n) is 4.40. The predicted octanol–water partition coefficient (Wildman–Crippen LogP) is 3.45. The number of rotatable bonds is 6. The molecule has 0 atom stereocenters. The van der Waals surface area contributed by atoms with Gasteiger partial charge in [0.05, 0.1) is 18.7 Å². The molecule has 6 heteroatoms. The number of imidazole rings is 1. The van der Waals surface area contributed by atoms with Gasteiger partial charge in [-0.2, -0.15) is 0 Å². The first kappa shape index (κ1) is 15.6. The summed E-state index contributed by atoms with van der Waals surface area (Å²) < 4.78 is 7.88. The predicted molar refractivity (Wildman–Crippen MR) is 85.3 cm³/mol. The first-order valence-corrected chi connectivity index (χ1v) is 7.65. The van der Waals surface area contributed by atoms with Crippen LogP contribution in [0, 0.1) is 0 Å². The van der Waals surface area contributed by atoms with Crippen LogP contribution in [-0.4, -0.2) is 22.1 Å². The standard InChI is InChI=1S/C15H18BrN3O2/c1-3-19-8-7-17-14(19)10-18-13-6-5-11(9-12(13)16)15(20)21-4-2/h5-9,18H,3-4,10H2,1-2H3. The van der Waals surface area contributed by atoms with Crippen LogP contribution in [0.3, 0.4) is 0 Å². The fraction of sp³-hybridized carbons (Fsp3) is 0.333. The number of aryl methyl sites for hydroxylation is 1. The zero-order valence-corrected chi connectivity index (χ0v) is 13.7. The molecule has 0 spiro atoms. The van der Waals surface area contributed by atoms with Gasteiger partial charge in [0, 0.05) is 29.1 Å². The number of anilines is 1. The van der Waals surface area contributed by atoms with Crippen LogP contribution in [0.25, 0.3) is 0 Å². The number of carbonyl (C=O) groups excluding carboxylic acids is 1. The topological polar surface area (TPSA) is 56.1 Å². The lowest BCUT2D eigenvalue weighted by Crippen LogP contribution is -2.09. The van der Waals surface area contributed by atoms with Gasteiger partial charge >= 0.3 is 5.97 Å². The van der Waals surface area contributed by atoms with E-state index in [9.17, 15) is 4.79 Å². The summed E-state index contributed by atoms with van der Waals surface area (Å²) in [5.41, 5.74) is 1.44. The van der Waals surface area contributed by atoms with Gasteiger partial charge in [-0.3, -0.25) is 0 Å². The van der Waals surface area contributed by atoms with Crippen LogP contribution in [0.4, 0.5) is 5.69 Å². The van der Waals surface area contributed by atoms with Crippen LogP contribution < -0.4 is 5.32 Å². The Morgan fingerprint density at radius 3 is 2.90 bits per heavy atom. The van der Waals surface area contributed by atoms with Crippen molar-refractivity contribution in [2.45, 2.75) is 26.9 Å². The molecule has 0 aliphatic heterocycles. The van der Waals surface area contributed by atoms with E-state index in [1.165, 1.54) is 0 Å². The van der Waals surface area contributed by atoms with Crippen LogP contribution >= 0.6 is 15.9 Å². The van der Waals surface area contributed by atoms with Gasteiger partial charge in [-0.15, -0.1) is 0 Å². The monoisotopic (exact) mass is 351 g/mol. The second-order valence-corrected chi connectivity index (χ2v) is 5.25. The normalized spacial score (nSPS) is 10.4. The Bertz CT molecular complexity index is 625. The molecule has 1 N–H and O–H groups in total. The maximum atomic E-state index is 11.7. The lowest BCUT2D eigenvalue weighted by molar-refractivity contribution is 0.0526. The van der Waals surface area contributed by atoms with Crippen molar-refractivity contribution in [1.82, 2.24) is 9.55 Å². The smallest absolute Gasteiger partial charge is 0.338 e. The van der Waals surface area contributed by atoms with Crippen molar-refractivity contribution in [3.8, 4) is 0 Å². The van der Waals surface area contributed by atoms with Gasteiger partial charge in [0.15, 0.2) is 0 Å². The van der Waals surface area contributed by atoms with Crippen molar-refractivity contribution in [2.75, 3.05) is 11.9 Å². The summed E-state index contributed by atoms with van der Waals surface area (Å²) in [4.78, 5) is 16.0. The van der Waals surface area contributed by atoms with Gasteiger partial charge < -0.3 is 14.6 Å². The molecule has 0 saturated heterocycles. The molecule has 0 aliphatic carbocycles. The number of esters is 1. The lowest BCUT2D eigenvalue weighted by atomic mass is 10.2. The molecular weight excluding hydrogens is 334 g/mol. The number of ether oxygens (including phenoxy) is 1. The van der Waals surface area contributed by atoms with Crippen LogP contribution in [0.1, 0.15) is 30.0 Å². The van der Waals surface area contributed by atoms with E-state index in [1.807, 2.05) is 12.3 Å². The van der Waals surface area contributed by atoms with Gasteiger partial charge in [0.1, 0.15) is 5.82 Å². The molecule has 1 aromatic carbocycles. The third-order valence-corrected chi connectivity index (χ3v) is 3.72. The minimum Gasteiger partial charge on any atom is -0.462 e. The number of hydrogen-bond acceptors (Lipinski definition) is 4. The van der Waals surface area contributed by atoms with E-state index in [2.05, 4.69) is 37.7 Å². The Hall–Kier alpha value is -1.82. The number of hydrogen-bond donors (Lipinski definition) is 1. The molecule has 0 aliphatic rings. The zero-order valence-electron chi connectivity index (χ0n) is 12.1. The number of aromatic nitrogens is 2. The zero-order chi connectivity index (χ0) is 15.2. The van der Waals surface area contributed by atoms with Crippen molar-refractivity contribution >= 4 is 27.6 Å². The molecule has 112 valence electrons. The van der Waals surface area contributed by atoms with Gasteiger partial charge in [0.25, 0.3) is 0 Å². The first-order valence-electron chi connectivity index (χ1n) is 6.86. The molecule has 0 unspecified atom stereocenters. The average Bonchev–Trinajstić information content (AvgIpc) is 2.93. The molecule has 2 aromatic rings. The fourth-order valence-electron chi connectivity index (χ4n) is 1.97. The van der Waals surface area contributed by atoms with Crippen LogP contribution in [0.2, 0.25) is 0 Å². The van der Waals surface area contributed by atoms with Crippen molar-refractivity contribution in [2.24, 2.45) is 0 Å². The highest BCUT2D eigenvalue weighted by atomic mass is 79.9. The summed E-state index contributed by atoms with van der Waals surface area (Å²) in [6.45, 7) is 5.75. The number of nitrogens with one attached hydrogen (secondary N) is 1. The Labute approximate surface area is 132 Å². The van der Waals surface area contributed by atoms with Gasteiger partial charge in [-0.05, 0) is 48.0 Å². The van der Waals surface area contributed by atoms with E-state index in [0.717, 1.165) is 22.5 Å². The largest absolute Gasteiger partial charge is 0.462 e. The number of carbonyl (C=O) groups is 1. The Balaban J connectivity index is 2.06. The molecule has 0 bridgehead atoms. The van der Waals surface area contributed by atoms with Crippen LogP contribution in [-0.2, 0) is 17.8 Å². The number of halogens is 1. The molecule has 1 heterocycles. The average molecular weight is 352 g/mol. The quantitative estimate of drug-likeness (QED) is 0.809. The van der Waals surface area contributed by atoms with Crippen LogP contribution in [0.15, 0.2) is 35.1 Å². The number of nitrogens with zero attached hydrogens (tertiary/aromatic N) is 2. The van der Waals surface area contributed by atoms with Crippen molar-refractivity contribution in [3.63, 3.8) is 0 Å². The summed E-state index contributed by atoms with van der Waals surface area (Å²) in [5, 5.41) is 3.31. The molecule has 21 heavy (non-hydrogen) atoms. The highest BCUT2D eigenvalue weighted by Gasteiger charge is 2.09. The highest BCUT2D eigenvalue weighted by Crippen LogP contribution is 2.24. The lowest BCUT2D eigenvalue weighted by Gasteiger charge is -2.11. The third-order valence-electron chi connectivity index (χ3n) is 3.06. The summed E-state index contributed by atoms with van der Waals surface area (Å²) in [5.74, 6) is 0.658. The number of benzene rings is 1. The van der Waals surface area contributed by atoms with Gasteiger partial charge in [0.2, 0.25) is 0 Å². The van der Waals surface area contributed by atoms with Gasteiger partial charge in [-0.25, -0.2) is 9.78 Å². The van der Waals surface area contributed by atoms with E-state index in [1.54, 1.807) is 25.3 Å². The Morgan fingerprint density at radius 2 is 2.24 bits per heavy atom. The SMILES string of the molecule is CCOC(=O)c1ccc(NCc2nccn2CC)c(Br)c1. The van der Waals surface area contributed by atoms with Crippen molar-refractivity contribution < 1.29 is 9.53 Å². The minimum atomic E-state index is -0.314. The Morgan fingerprint density at radius 1 is 1.43 bits per heavy atom. The van der Waals surface area contributed by atoms with Crippen molar-refractivity contribution in [1.29, 1.82) is 0 Å². The second kappa shape index (κ2) is 7.26. The molecular formula is C15H18BrN3O2. The van der Waals surface area contributed by atoms with E-state index in [4.69, 9.17) is 4.74 Å². The molecule has 0 amide bonds. The maximum absolute atomic E-state index is 11.7. The van der Waals surface area contributed by atoms with E-state index in [0.29, 0.717) is 18.7 Å². The molecule has 2 rings (SSSR count). The summed E-state index contributed by atoms with van der Waals surface area (Å²) in [6, 6.07) is 5.36. The molecule has 1 aromatic heterocycles. The van der Waals surface area contributed by atoms with Crippen molar-refractivity contribution in [3.05, 3.63) is 46.5 Å². The molecule has 0 radical (unpaired) electrons. The minimum absolute atomic E-state index is 0.314. The van der Waals surface area contributed by atoms with Crippen LogP contribution in [0.5, 0.6) is 0 Å². The van der Waals surface area contributed by atoms with E-state index >= 15 is 0 Å². The molecule has 0 saturated carbocycles. The maximum Gasteiger partial charge on any atom is 0.338 e. The third kappa shape index (κ3) is 3.85. The van der Waals surface area contributed by atoms with E-state index < -0.39 is 0 Å². The summed E-state index contributed by atoms with van der Waals surface area (Å²) >= 11 is 3.47. The summed E-state index contributed by atoms with van der Waals surface area (Å²) in [7, 11) is 0. The molecule has 0 fully saturated rings. The highest BCUT2D eigenvalue weighted by molar-refractivity contribution is 9.10. The molecule has 5 nitrogen and oxygen atoms in total. The fourth-order valence-corrected chi connectivity index (χ4v) is 2.49.